The van der Waals surface area contributed by atoms with E-state index < -0.39 is 0 Å². The number of fused-ring (bicyclic) bond motifs is 2. The zero-order valence-corrected chi connectivity index (χ0v) is 15.7. The van der Waals surface area contributed by atoms with Gasteiger partial charge in [0.2, 0.25) is 0 Å². The fourth-order valence-corrected chi connectivity index (χ4v) is 3.98. The van der Waals surface area contributed by atoms with Crippen molar-refractivity contribution in [3.63, 3.8) is 0 Å². The lowest BCUT2D eigenvalue weighted by molar-refractivity contribution is -0.117. The number of rotatable bonds is 3. The average molecular weight is 368 g/mol. The van der Waals surface area contributed by atoms with Crippen LogP contribution >= 0.6 is 11.6 Å². The van der Waals surface area contributed by atoms with Gasteiger partial charge in [0.05, 0.1) is 0 Å². The molecule has 3 nitrogen and oxygen atoms in total. The molecule has 1 fully saturated rings. The van der Waals surface area contributed by atoms with Gasteiger partial charge >= 0.3 is 0 Å². The summed E-state index contributed by atoms with van der Waals surface area (Å²) in [5.74, 6) is 2.04. The Morgan fingerprint density at radius 3 is 2.58 bits per heavy atom. The fraction of sp³-hybridized carbons (Fsp3) is 0.318. The number of para-hydroxylation sites is 1. The Hall–Kier alpha value is -2.10. The van der Waals surface area contributed by atoms with Crippen LogP contribution in [0, 0.1) is 0 Å². The van der Waals surface area contributed by atoms with E-state index in [4.69, 9.17) is 16.3 Å². The first-order chi connectivity index (χ1) is 12.6. The monoisotopic (exact) mass is 367 g/mol. The van der Waals surface area contributed by atoms with Crippen LogP contribution in [0.25, 0.3) is 5.57 Å². The van der Waals surface area contributed by atoms with Gasteiger partial charge in [-0.2, -0.15) is 0 Å². The maximum Gasteiger partial charge on any atom is 0.135 e. The number of ether oxygens (including phenoxy) is 1. The van der Waals surface area contributed by atoms with Crippen LogP contribution in [0.1, 0.15) is 37.3 Å². The third-order valence-corrected chi connectivity index (χ3v) is 5.42. The molecule has 0 atom stereocenters. The number of nitrogens with zero attached hydrogens (tertiary/aromatic N) is 1. The summed E-state index contributed by atoms with van der Waals surface area (Å²) in [6.45, 7) is 4.51. The SMILES string of the molecule is CC(=O)CCN1CCC(=C2c3ccccc3Oc3ccc(Cl)cc32)CC1. The molecule has 0 unspecified atom stereocenters. The molecule has 2 aliphatic heterocycles. The second-order valence-electron chi connectivity index (χ2n) is 7.01. The molecule has 0 amide bonds. The maximum absolute atomic E-state index is 11.2. The summed E-state index contributed by atoms with van der Waals surface area (Å²) in [7, 11) is 0. The number of benzene rings is 2. The summed E-state index contributed by atoms with van der Waals surface area (Å²) >= 11 is 6.28. The van der Waals surface area contributed by atoms with Gasteiger partial charge in [0.15, 0.2) is 0 Å². The summed E-state index contributed by atoms with van der Waals surface area (Å²) < 4.78 is 6.10. The Labute approximate surface area is 159 Å². The minimum Gasteiger partial charge on any atom is -0.456 e. The van der Waals surface area contributed by atoms with Gasteiger partial charge in [-0.25, -0.2) is 0 Å². The zero-order valence-electron chi connectivity index (χ0n) is 14.9. The Bertz CT molecular complexity index is 877. The van der Waals surface area contributed by atoms with Gasteiger partial charge in [-0.1, -0.05) is 35.4 Å². The van der Waals surface area contributed by atoms with Gasteiger partial charge in [-0.05, 0) is 49.6 Å². The molecule has 26 heavy (non-hydrogen) atoms. The highest BCUT2D eigenvalue weighted by molar-refractivity contribution is 6.30. The zero-order chi connectivity index (χ0) is 18.1. The van der Waals surface area contributed by atoms with Crippen LogP contribution in [-0.2, 0) is 4.79 Å². The van der Waals surface area contributed by atoms with Crippen molar-refractivity contribution in [2.45, 2.75) is 26.2 Å². The number of piperidine rings is 1. The predicted molar refractivity (Wildman–Crippen MR) is 105 cm³/mol. The highest BCUT2D eigenvalue weighted by atomic mass is 35.5. The molecule has 4 heteroatoms. The van der Waals surface area contributed by atoms with Crippen LogP contribution in [0.4, 0.5) is 0 Å². The molecule has 0 saturated carbocycles. The highest BCUT2D eigenvalue weighted by Crippen LogP contribution is 2.47. The van der Waals surface area contributed by atoms with Crippen LogP contribution in [0.3, 0.4) is 0 Å². The van der Waals surface area contributed by atoms with Crippen molar-refractivity contribution in [3.8, 4) is 11.5 Å². The first-order valence-corrected chi connectivity index (χ1v) is 9.50. The number of Topliss-reactive ketones (excluding diaryl/α,β-unsaturated/α-hetero) is 1. The number of carbonyl (C=O) groups excluding carboxylic acids is 1. The molecule has 0 spiro atoms. The summed E-state index contributed by atoms with van der Waals surface area (Å²) in [6.07, 6.45) is 2.65. The lowest BCUT2D eigenvalue weighted by atomic mass is 9.86. The van der Waals surface area contributed by atoms with E-state index in [2.05, 4.69) is 17.0 Å². The lowest BCUT2D eigenvalue weighted by Crippen LogP contribution is -2.32. The van der Waals surface area contributed by atoms with Crippen molar-refractivity contribution >= 4 is 23.0 Å². The van der Waals surface area contributed by atoms with E-state index in [-0.39, 0.29) is 5.78 Å². The van der Waals surface area contributed by atoms with Crippen LogP contribution in [0.5, 0.6) is 11.5 Å². The third kappa shape index (κ3) is 3.42. The quantitative estimate of drug-likeness (QED) is 0.627. The third-order valence-electron chi connectivity index (χ3n) is 5.18. The van der Waals surface area contributed by atoms with Crippen LogP contribution in [-0.4, -0.2) is 30.3 Å². The number of carbonyl (C=O) groups is 1. The minimum atomic E-state index is 0.260. The largest absolute Gasteiger partial charge is 0.456 e. The minimum absolute atomic E-state index is 0.260. The second kappa shape index (κ2) is 7.26. The van der Waals surface area contributed by atoms with E-state index in [1.165, 1.54) is 11.1 Å². The standard InChI is InChI=1S/C22H22ClNO2/c1-15(25)8-11-24-12-9-16(10-13-24)22-18-4-2-3-5-20(18)26-21-7-6-17(23)14-19(21)22/h2-7,14H,8-13H2,1H3. The van der Waals surface area contributed by atoms with Crippen molar-refractivity contribution in [1.29, 1.82) is 0 Å². The molecule has 0 aromatic heterocycles. The first-order valence-electron chi connectivity index (χ1n) is 9.13. The van der Waals surface area contributed by atoms with Crippen molar-refractivity contribution < 1.29 is 9.53 Å². The topological polar surface area (TPSA) is 29.5 Å². The van der Waals surface area contributed by atoms with Crippen molar-refractivity contribution in [3.05, 3.63) is 64.2 Å². The summed E-state index contributed by atoms with van der Waals surface area (Å²) in [5, 5.41) is 0.726. The average Bonchev–Trinajstić information content (AvgIpc) is 2.65. The number of likely N-dealkylation sites (tertiary alicyclic amines) is 1. The number of hydrogen-bond donors (Lipinski definition) is 0. The van der Waals surface area contributed by atoms with Gasteiger partial charge < -0.3 is 9.64 Å². The smallest absolute Gasteiger partial charge is 0.135 e. The summed E-state index contributed by atoms with van der Waals surface area (Å²) in [5.41, 5.74) is 4.96. The number of halogens is 1. The molecule has 0 N–H and O–H groups in total. The van der Waals surface area contributed by atoms with E-state index in [0.717, 1.165) is 60.1 Å². The van der Waals surface area contributed by atoms with E-state index >= 15 is 0 Å². The van der Waals surface area contributed by atoms with E-state index in [1.807, 2.05) is 30.3 Å². The molecule has 2 aromatic carbocycles. The first kappa shape index (κ1) is 17.3. The fourth-order valence-electron chi connectivity index (χ4n) is 3.81. The molecular weight excluding hydrogens is 346 g/mol. The van der Waals surface area contributed by atoms with Crippen LogP contribution in [0.2, 0.25) is 5.02 Å². The van der Waals surface area contributed by atoms with Gasteiger partial charge in [-0.3, -0.25) is 4.79 Å². The number of hydrogen-bond acceptors (Lipinski definition) is 3. The van der Waals surface area contributed by atoms with E-state index in [0.29, 0.717) is 6.42 Å². The lowest BCUT2D eigenvalue weighted by Gasteiger charge is -2.32. The van der Waals surface area contributed by atoms with Gasteiger partial charge in [0.1, 0.15) is 17.3 Å². The van der Waals surface area contributed by atoms with Crippen molar-refractivity contribution in [2.24, 2.45) is 0 Å². The molecule has 0 aliphatic carbocycles. The Morgan fingerprint density at radius 1 is 1.08 bits per heavy atom. The highest BCUT2D eigenvalue weighted by Gasteiger charge is 2.26. The van der Waals surface area contributed by atoms with Crippen molar-refractivity contribution in [2.75, 3.05) is 19.6 Å². The summed E-state index contributed by atoms with van der Waals surface area (Å²) in [4.78, 5) is 13.6. The molecule has 1 saturated heterocycles. The maximum atomic E-state index is 11.2. The Morgan fingerprint density at radius 2 is 1.81 bits per heavy atom. The molecule has 2 aliphatic rings. The molecule has 0 bridgehead atoms. The van der Waals surface area contributed by atoms with E-state index in [1.54, 1.807) is 6.92 Å². The molecule has 134 valence electrons. The second-order valence-corrected chi connectivity index (χ2v) is 7.45. The molecule has 2 aromatic rings. The van der Waals surface area contributed by atoms with Crippen LogP contribution in [0.15, 0.2) is 48.0 Å². The van der Waals surface area contributed by atoms with E-state index in [9.17, 15) is 4.79 Å². The normalized spacial score (nSPS) is 16.7. The Balaban J connectivity index is 1.69. The van der Waals surface area contributed by atoms with Gasteiger partial charge in [-0.15, -0.1) is 0 Å². The molecule has 0 radical (unpaired) electrons. The number of ketones is 1. The molecular formula is C22H22ClNO2. The summed E-state index contributed by atoms with van der Waals surface area (Å²) in [6, 6.07) is 14.1. The van der Waals surface area contributed by atoms with Gasteiger partial charge in [0, 0.05) is 42.2 Å². The predicted octanol–water partition coefficient (Wildman–Crippen LogP) is 5.32. The van der Waals surface area contributed by atoms with Gasteiger partial charge in [0.25, 0.3) is 0 Å². The Kier molecular flexibility index (Phi) is 4.84. The van der Waals surface area contributed by atoms with Crippen molar-refractivity contribution in [1.82, 2.24) is 4.90 Å². The molecule has 4 rings (SSSR count). The van der Waals surface area contributed by atoms with Crippen LogP contribution < -0.4 is 4.74 Å². The molecule has 2 heterocycles.